The van der Waals surface area contributed by atoms with Crippen LogP contribution in [0.4, 0.5) is 11.4 Å². The van der Waals surface area contributed by atoms with Crippen LogP contribution in [0.25, 0.3) is 0 Å². The second-order valence-electron chi connectivity index (χ2n) is 8.88. The van der Waals surface area contributed by atoms with Crippen molar-refractivity contribution in [3.05, 3.63) is 128 Å². The first-order valence-electron chi connectivity index (χ1n) is 11.7. The van der Waals surface area contributed by atoms with E-state index in [1.165, 1.54) is 12.4 Å². The van der Waals surface area contributed by atoms with Crippen molar-refractivity contribution in [3.63, 3.8) is 0 Å². The van der Waals surface area contributed by atoms with Gasteiger partial charge in [0.1, 0.15) is 0 Å². The summed E-state index contributed by atoms with van der Waals surface area (Å²) in [4.78, 5) is 51.8. The standard InChI is InChI=1S/C30H18N4O4/c31-25-15(9-11-21-23(25)29(37)19-7-3-1-5-17(19)27(21)35)13-33-34-14-16-10-12-22-24(26(16)32)30(38)20-8-4-2-6-18(20)28(22)36/h1-14H,31-32H2/b33-13-,34-14-. The Bertz CT molecular complexity index is 1680. The van der Waals surface area contributed by atoms with Crippen LogP contribution in [0.15, 0.2) is 83.0 Å². The molecular weight excluding hydrogens is 480 g/mol. The molecular formula is C30H18N4O4. The zero-order valence-electron chi connectivity index (χ0n) is 19.8. The fraction of sp³-hybridized carbons (Fsp3) is 0. The Morgan fingerprint density at radius 2 is 0.789 bits per heavy atom. The molecule has 0 aliphatic heterocycles. The van der Waals surface area contributed by atoms with E-state index in [0.717, 1.165) is 0 Å². The van der Waals surface area contributed by atoms with Crippen molar-refractivity contribution in [3.8, 4) is 0 Å². The van der Waals surface area contributed by atoms with Crippen molar-refractivity contribution in [2.45, 2.75) is 0 Å². The number of carbonyl (C=O) groups is 4. The van der Waals surface area contributed by atoms with E-state index in [9.17, 15) is 19.2 Å². The summed E-state index contributed by atoms with van der Waals surface area (Å²) >= 11 is 0. The van der Waals surface area contributed by atoms with Gasteiger partial charge in [-0.3, -0.25) is 19.2 Å². The van der Waals surface area contributed by atoms with E-state index in [0.29, 0.717) is 33.4 Å². The van der Waals surface area contributed by atoms with E-state index in [1.807, 2.05) is 0 Å². The van der Waals surface area contributed by atoms with Crippen molar-refractivity contribution >= 4 is 46.9 Å². The topological polar surface area (TPSA) is 145 Å². The third-order valence-corrected chi connectivity index (χ3v) is 6.79. The molecule has 0 unspecified atom stereocenters. The number of fused-ring (bicyclic) bond motifs is 4. The van der Waals surface area contributed by atoms with Gasteiger partial charge in [0.05, 0.1) is 34.9 Å². The molecule has 0 heterocycles. The molecule has 8 nitrogen and oxygen atoms in total. The van der Waals surface area contributed by atoms with Crippen LogP contribution in [-0.2, 0) is 0 Å². The molecule has 0 saturated heterocycles. The number of carbonyl (C=O) groups excluding carboxylic acids is 4. The largest absolute Gasteiger partial charge is 0.398 e. The van der Waals surface area contributed by atoms with Gasteiger partial charge in [-0.25, -0.2) is 0 Å². The Morgan fingerprint density at radius 1 is 0.447 bits per heavy atom. The third kappa shape index (κ3) is 3.31. The Kier molecular flexibility index (Phi) is 5.17. The number of hydrogen-bond acceptors (Lipinski definition) is 8. The lowest BCUT2D eigenvalue weighted by Crippen LogP contribution is -2.23. The number of anilines is 2. The number of nitrogen functional groups attached to an aromatic ring is 2. The van der Waals surface area contributed by atoms with E-state index in [-0.39, 0.29) is 56.8 Å². The molecule has 182 valence electrons. The Labute approximate surface area is 216 Å². The van der Waals surface area contributed by atoms with Crippen molar-refractivity contribution in [2.24, 2.45) is 10.2 Å². The van der Waals surface area contributed by atoms with Gasteiger partial charge in [-0.15, -0.1) is 0 Å². The molecule has 8 heteroatoms. The molecule has 0 aromatic heterocycles. The lowest BCUT2D eigenvalue weighted by atomic mass is 9.82. The third-order valence-electron chi connectivity index (χ3n) is 6.79. The smallest absolute Gasteiger partial charge is 0.196 e. The number of nitrogens with zero attached hydrogens (tertiary/aromatic N) is 2. The summed E-state index contributed by atoms with van der Waals surface area (Å²) in [6.45, 7) is 0. The molecule has 6 rings (SSSR count). The molecule has 0 bridgehead atoms. The number of nitrogens with two attached hydrogens (primary N) is 2. The van der Waals surface area contributed by atoms with Crippen LogP contribution in [0.1, 0.15) is 74.8 Å². The van der Waals surface area contributed by atoms with Gasteiger partial charge in [-0.1, -0.05) is 60.7 Å². The molecule has 38 heavy (non-hydrogen) atoms. The average Bonchev–Trinajstić information content (AvgIpc) is 2.94. The van der Waals surface area contributed by atoms with Crippen molar-refractivity contribution < 1.29 is 19.2 Å². The zero-order valence-corrected chi connectivity index (χ0v) is 19.8. The Morgan fingerprint density at radius 3 is 1.16 bits per heavy atom. The molecule has 0 saturated carbocycles. The lowest BCUT2D eigenvalue weighted by Gasteiger charge is -2.19. The van der Waals surface area contributed by atoms with Crippen molar-refractivity contribution in [1.82, 2.24) is 0 Å². The van der Waals surface area contributed by atoms with Crippen molar-refractivity contribution in [2.75, 3.05) is 11.5 Å². The highest BCUT2D eigenvalue weighted by Crippen LogP contribution is 2.33. The first kappa shape index (κ1) is 22.9. The van der Waals surface area contributed by atoms with E-state index in [2.05, 4.69) is 10.2 Å². The second kappa shape index (κ2) is 8.56. The first-order chi connectivity index (χ1) is 18.4. The Hall–Kier alpha value is -5.50. The maximum Gasteiger partial charge on any atom is 0.196 e. The number of hydrogen-bond donors (Lipinski definition) is 2. The summed E-state index contributed by atoms with van der Waals surface area (Å²) in [5.74, 6) is -1.17. The van der Waals surface area contributed by atoms with Crippen LogP contribution in [0.2, 0.25) is 0 Å². The SMILES string of the molecule is Nc1c(/C=N\N=C/c2ccc3c(c2N)C(=O)c2ccccc2C3=O)ccc2c1C(=O)c1ccccc1C2=O. The predicted octanol–water partition coefficient (Wildman–Crippen LogP) is 3.85. The van der Waals surface area contributed by atoms with E-state index >= 15 is 0 Å². The molecule has 4 aromatic rings. The molecule has 0 amide bonds. The van der Waals surface area contributed by atoms with Gasteiger partial charge in [-0.05, 0) is 12.1 Å². The van der Waals surface area contributed by atoms with E-state index in [4.69, 9.17) is 11.5 Å². The maximum atomic E-state index is 13.1. The van der Waals surface area contributed by atoms with Gasteiger partial charge in [-0.2, -0.15) is 10.2 Å². The molecule has 0 spiro atoms. The summed E-state index contributed by atoms with van der Waals surface area (Å²) in [7, 11) is 0. The fourth-order valence-electron chi connectivity index (χ4n) is 4.87. The van der Waals surface area contributed by atoms with E-state index < -0.39 is 0 Å². The average molecular weight is 498 g/mol. The molecule has 0 fully saturated rings. The molecule has 2 aliphatic carbocycles. The molecule has 0 atom stereocenters. The summed E-state index contributed by atoms with van der Waals surface area (Å²) < 4.78 is 0. The van der Waals surface area contributed by atoms with Gasteiger partial charge in [0.15, 0.2) is 23.1 Å². The quantitative estimate of drug-likeness (QED) is 0.215. The predicted molar refractivity (Wildman–Crippen MR) is 144 cm³/mol. The lowest BCUT2D eigenvalue weighted by molar-refractivity contribution is 0.0979. The second-order valence-corrected chi connectivity index (χ2v) is 8.88. The summed E-state index contributed by atoms with van der Waals surface area (Å²) in [5.41, 5.74) is 15.7. The molecule has 2 aliphatic rings. The zero-order chi connectivity index (χ0) is 26.6. The Balaban J connectivity index is 1.30. The summed E-state index contributed by atoms with van der Waals surface area (Å²) in [6, 6.07) is 19.5. The number of rotatable bonds is 3. The highest BCUT2D eigenvalue weighted by molar-refractivity contribution is 6.31. The van der Waals surface area contributed by atoms with Gasteiger partial charge >= 0.3 is 0 Å². The molecule has 4 aromatic carbocycles. The van der Waals surface area contributed by atoms with Crippen LogP contribution in [0.5, 0.6) is 0 Å². The number of ketones is 4. The monoisotopic (exact) mass is 498 g/mol. The van der Waals surface area contributed by atoms with Crippen LogP contribution in [-0.4, -0.2) is 35.6 Å². The molecule has 4 N–H and O–H groups in total. The van der Waals surface area contributed by atoms with Gasteiger partial charge < -0.3 is 11.5 Å². The fourth-order valence-corrected chi connectivity index (χ4v) is 4.87. The normalized spacial score (nSPS) is 14.0. The van der Waals surface area contributed by atoms with Gasteiger partial charge in [0, 0.05) is 44.5 Å². The summed E-state index contributed by atoms with van der Waals surface area (Å²) in [5, 5.41) is 8.04. The van der Waals surface area contributed by atoms with Crippen LogP contribution in [0.3, 0.4) is 0 Å². The molecule has 0 radical (unpaired) electrons. The van der Waals surface area contributed by atoms with Crippen LogP contribution < -0.4 is 11.5 Å². The van der Waals surface area contributed by atoms with Gasteiger partial charge in [0.2, 0.25) is 0 Å². The van der Waals surface area contributed by atoms with Crippen molar-refractivity contribution in [1.29, 1.82) is 0 Å². The van der Waals surface area contributed by atoms with Gasteiger partial charge in [0.25, 0.3) is 0 Å². The highest BCUT2D eigenvalue weighted by atomic mass is 16.1. The summed E-state index contributed by atoms with van der Waals surface area (Å²) in [6.07, 6.45) is 2.73. The minimum absolute atomic E-state index is 0.130. The number of benzene rings is 4. The first-order valence-corrected chi connectivity index (χ1v) is 11.7. The highest BCUT2D eigenvalue weighted by Gasteiger charge is 2.32. The van der Waals surface area contributed by atoms with Crippen LogP contribution >= 0.6 is 0 Å². The van der Waals surface area contributed by atoms with E-state index in [1.54, 1.807) is 72.8 Å². The van der Waals surface area contributed by atoms with Crippen LogP contribution in [0, 0.1) is 0 Å². The minimum Gasteiger partial charge on any atom is -0.398 e. The minimum atomic E-state index is -0.325. The maximum absolute atomic E-state index is 13.1.